The molecule has 116 valence electrons. The Hall–Kier alpha value is -3.01. The molecule has 0 aliphatic heterocycles. The molecule has 23 heavy (non-hydrogen) atoms. The van der Waals surface area contributed by atoms with Gasteiger partial charge in [0.2, 0.25) is 11.2 Å². The van der Waals surface area contributed by atoms with Crippen LogP contribution in [0.1, 0.15) is 0 Å². The lowest BCUT2D eigenvalue weighted by Gasteiger charge is -2.13. The van der Waals surface area contributed by atoms with E-state index in [1.54, 1.807) is 36.4 Å². The first-order valence-corrected chi connectivity index (χ1v) is 7.22. The van der Waals surface area contributed by atoms with Crippen LogP contribution < -0.4 is 14.9 Å². The first-order chi connectivity index (χ1) is 11.3. The predicted octanol–water partition coefficient (Wildman–Crippen LogP) is 4.08. The summed E-state index contributed by atoms with van der Waals surface area (Å²) in [6.45, 7) is 7.88. The molecule has 0 aliphatic rings. The fourth-order valence-electron chi connectivity index (χ4n) is 2.36. The van der Waals surface area contributed by atoms with Crippen molar-refractivity contribution < 1.29 is 13.9 Å². The van der Waals surface area contributed by atoms with Gasteiger partial charge >= 0.3 is 0 Å². The second-order valence-corrected chi connectivity index (χ2v) is 4.90. The van der Waals surface area contributed by atoms with E-state index in [0.717, 1.165) is 0 Å². The maximum Gasteiger partial charge on any atom is 0.205 e. The van der Waals surface area contributed by atoms with Gasteiger partial charge in [-0.25, -0.2) is 0 Å². The molecule has 0 radical (unpaired) electrons. The maximum atomic E-state index is 12.6. The molecule has 0 unspecified atom stereocenters. The van der Waals surface area contributed by atoms with Gasteiger partial charge in [0.25, 0.3) is 0 Å². The molecule has 0 spiro atoms. The Morgan fingerprint density at radius 1 is 0.957 bits per heavy atom. The molecular weight excluding hydrogens is 292 g/mol. The van der Waals surface area contributed by atoms with Crippen LogP contribution in [0, 0.1) is 0 Å². The molecule has 3 rings (SSSR count). The number of rotatable bonds is 6. The molecule has 0 saturated carbocycles. The van der Waals surface area contributed by atoms with Crippen molar-refractivity contribution in [3.63, 3.8) is 0 Å². The standard InChI is InChI=1S/C19H16O4/c1-3-11-21-16-10-9-14-17(20)13-7-5-6-8-15(13)23-18(14)19(16)22-12-4-2/h3-10H,1-2,11-12H2. The van der Waals surface area contributed by atoms with Crippen LogP contribution in [-0.4, -0.2) is 13.2 Å². The van der Waals surface area contributed by atoms with Crippen molar-refractivity contribution >= 4 is 21.9 Å². The van der Waals surface area contributed by atoms with E-state index in [0.29, 0.717) is 40.0 Å². The minimum atomic E-state index is -0.0967. The molecule has 0 aliphatic carbocycles. The van der Waals surface area contributed by atoms with E-state index in [4.69, 9.17) is 13.9 Å². The van der Waals surface area contributed by atoms with Crippen LogP contribution in [0.2, 0.25) is 0 Å². The molecule has 0 bridgehead atoms. The van der Waals surface area contributed by atoms with E-state index in [9.17, 15) is 4.79 Å². The lowest BCUT2D eigenvalue weighted by atomic mass is 10.1. The van der Waals surface area contributed by atoms with Gasteiger partial charge in [0.15, 0.2) is 11.3 Å². The summed E-state index contributed by atoms with van der Waals surface area (Å²) in [4.78, 5) is 12.6. The Bertz CT molecular complexity index is 937. The van der Waals surface area contributed by atoms with Crippen molar-refractivity contribution in [1.82, 2.24) is 0 Å². The smallest absolute Gasteiger partial charge is 0.205 e. The van der Waals surface area contributed by atoms with Gasteiger partial charge in [-0.2, -0.15) is 0 Å². The monoisotopic (exact) mass is 308 g/mol. The van der Waals surface area contributed by atoms with E-state index in [-0.39, 0.29) is 12.0 Å². The average Bonchev–Trinajstić information content (AvgIpc) is 2.58. The van der Waals surface area contributed by atoms with Crippen LogP contribution in [0.4, 0.5) is 0 Å². The summed E-state index contributed by atoms with van der Waals surface area (Å²) in [5, 5.41) is 0.989. The van der Waals surface area contributed by atoms with E-state index in [2.05, 4.69) is 13.2 Å². The van der Waals surface area contributed by atoms with Crippen LogP contribution in [0.25, 0.3) is 21.9 Å². The number of hydrogen-bond acceptors (Lipinski definition) is 4. The zero-order valence-electron chi connectivity index (χ0n) is 12.6. The molecule has 0 N–H and O–H groups in total. The van der Waals surface area contributed by atoms with Gasteiger partial charge in [-0.3, -0.25) is 4.79 Å². The van der Waals surface area contributed by atoms with Crippen LogP contribution in [-0.2, 0) is 0 Å². The molecule has 0 atom stereocenters. The Balaban J connectivity index is 2.31. The highest BCUT2D eigenvalue weighted by molar-refractivity contribution is 5.93. The van der Waals surface area contributed by atoms with Crippen molar-refractivity contribution in [3.8, 4) is 11.5 Å². The highest BCUT2D eigenvalue weighted by Gasteiger charge is 2.16. The molecule has 0 fully saturated rings. The SMILES string of the molecule is C=CCOc1ccc2c(=O)c3ccccc3oc2c1OCC=C. The molecule has 1 heterocycles. The molecular formula is C19H16O4. The topological polar surface area (TPSA) is 48.7 Å². The Kier molecular flexibility index (Phi) is 4.15. The molecule has 2 aromatic carbocycles. The molecule has 0 saturated heterocycles. The molecule has 4 heteroatoms. The third kappa shape index (κ3) is 2.71. The average molecular weight is 308 g/mol. The minimum Gasteiger partial charge on any atom is -0.486 e. The highest BCUT2D eigenvalue weighted by atomic mass is 16.5. The van der Waals surface area contributed by atoms with Gasteiger partial charge in [-0.1, -0.05) is 37.4 Å². The van der Waals surface area contributed by atoms with Crippen LogP contribution in [0.3, 0.4) is 0 Å². The Morgan fingerprint density at radius 3 is 2.48 bits per heavy atom. The summed E-state index contributed by atoms with van der Waals surface area (Å²) in [6, 6.07) is 10.5. The maximum absolute atomic E-state index is 12.6. The summed E-state index contributed by atoms with van der Waals surface area (Å²) in [6.07, 6.45) is 3.26. The van der Waals surface area contributed by atoms with Crippen molar-refractivity contribution in [3.05, 3.63) is 71.9 Å². The van der Waals surface area contributed by atoms with E-state index < -0.39 is 0 Å². The van der Waals surface area contributed by atoms with Gasteiger partial charge in [0.1, 0.15) is 18.8 Å². The number of hydrogen-bond donors (Lipinski definition) is 0. The zero-order chi connectivity index (χ0) is 16.2. The second kappa shape index (κ2) is 6.40. The number of ether oxygens (including phenoxy) is 2. The van der Waals surface area contributed by atoms with Gasteiger partial charge in [0.05, 0.1) is 10.8 Å². The molecule has 4 nitrogen and oxygen atoms in total. The summed E-state index contributed by atoms with van der Waals surface area (Å²) in [7, 11) is 0. The van der Waals surface area contributed by atoms with Gasteiger partial charge in [-0.15, -0.1) is 0 Å². The van der Waals surface area contributed by atoms with Crippen molar-refractivity contribution in [2.24, 2.45) is 0 Å². The van der Waals surface area contributed by atoms with Crippen molar-refractivity contribution in [2.45, 2.75) is 0 Å². The fourth-order valence-corrected chi connectivity index (χ4v) is 2.36. The first-order valence-electron chi connectivity index (χ1n) is 7.22. The summed E-state index contributed by atoms with van der Waals surface area (Å²) in [5.41, 5.74) is 0.784. The van der Waals surface area contributed by atoms with Gasteiger partial charge < -0.3 is 13.9 Å². The largest absolute Gasteiger partial charge is 0.486 e. The minimum absolute atomic E-state index is 0.0967. The fraction of sp³-hybridized carbons (Fsp3) is 0.105. The summed E-state index contributed by atoms with van der Waals surface area (Å²) >= 11 is 0. The van der Waals surface area contributed by atoms with E-state index >= 15 is 0 Å². The van der Waals surface area contributed by atoms with E-state index in [1.165, 1.54) is 0 Å². The first kappa shape index (κ1) is 14.9. The Labute approximate surface area is 133 Å². The second-order valence-electron chi connectivity index (χ2n) is 4.90. The molecule has 0 amide bonds. The predicted molar refractivity (Wildman–Crippen MR) is 91.4 cm³/mol. The lowest BCUT2D eigenvalue weighted by Crippen LogP contribution is -2.05. The molecule has 1 aromatic heterocycles. The van der Waals surface area contributed by atoms with Crippen LogP contribution >= 0.6 is 0 Å². The van der Waals surface area contributed by atoms with Crippen LogP contribution in [0.15, 0.2) is 70.9 Å². The lowest BCUT2D eigenvalue weighted by molar-refractivity contribution is 0.308. The number of para-hydroxylation sites is 1. The normalized spacial score (nSPS) is 10.6. The number of fused-ring (bicyclic) bond motifs is 2. The van der Waals surface area contributed by atoms with Crippen molar-refractivity contribution in [2.75, 3.05) is 13.2 Å². The highest BCUT2D eigenvalue weighted by Crippen LogP contribution is 2.36. The molecule has 3 aromatic rings. The van der Waals surface area contributed by atoms with Crippen LogP contribution in [0.5, 0.6) is 11.5 Å². The third-order valence-electron chi connectivity index (χ3n) is 3.37. The summed E-state index contributed by atoms with van der Waals surface area (Å²) < 4.78 is 17.2. The van der Waals surface area contributed by atoms with Gasteiger partial charge in [0, 0.05) is 0 Å². The van der Waals surface area contributed by atoms with Crippen molar-refractivity contribution in [1.29, 1.82) is 0 Å². The third-order valence-corrected chi connectivity index (χ3v) is 3.37. The number of benzene rings is 2. The zero-order valence-corrected chi connectivity index (χ0v) is 12.6. The quantitative estimate of drug-likeness (QED) is 0.508. The Morgan fingerprint density at radius 2 is 1.70 bits per heavy atom. The van der Waals surface area contributed by atoms with E-state index in [1.807, 2.05) is 12.1 Å². The summed E-state index contributed by atoms with van der Waals surface area (Å²) in [5.74, 6) is 0.893. The van der Waals surface area contributed by atoms with Gasteiger partial charge in [-0.05, 0) is 24.3 Å².